The summed E-state index contributed by atoms with van der Waals surface area (Å²) >= 11 is 0. The summed E-state index contributed by atoms with van der Waals surface area (Å²) < 4.78 is 20.6. The fourth-order valence-electron chi connectivity index (χ4n) is 3.40. The van der Waals surface area contributed by atoms with E-state index in [1.807, 2.05) is 30.9 Å². The standard InChI is InChI=1S/C18H23FN4O2/c1-22-7-6-21-18(22)17-13(9-16(24)23(17)2)11-20-10-12-4-5-15(25-3)14(19)8-12/h4-8,13,17,20H,9-11H2,1-3H3/t13-,17+/m0/s1. The second-order valence-corrected chi connectivity index (χ2v) is 6.41. The maximum absolute atomic E-state index is 13.8. The van der Waals surface area contributed by atoms with Crippen molar-refractivity contribution in [2.75, 3.05) is 20.7 Å². The van der Waals surface area contributed by atoms with Crippen LogP contribution >= 0.6 is 0 Å². The van der Waals surface area contributed by atoms with Crippen molar-refractivity contribution in [3.8, 4) is 5.75 Å². The number of hydrogen-bond donors (Lipinski definition) is 1. The molecule has 2 heterocycles. The number of carbonyl (C=O) groups excluding carboxylic acids is 1. The van der Waals surface area contributed by atoms with Crippen LogP contribution in [0, 0.1) is 11.7 Å². The van der Waals surface area contributed by atoms with E-state index in [1.165, 1.54) is 13.2 Å². The molecule has 0 saturated carbocycles. The molecule has 1 fully saturated rings. The topological polar surface area (TPSA) is 59.4 Å². The van der Waals surface area contributed by atoms with Gasteiger partial charge >= 0.3 is 0 Å². The molecule has 1 aliphatic rings. The summed E-state index contributed by atoms with van der Waals surface area (Å²) in [6.07, 6.45) is 4.12. The lowest BCUT2D eigenvalue weighted by Crippen LogP contribution is -2.30. The summed E-state index contributed by atoms with van der Waals surface area (Å²) in [5.74, 6) is 0.998. The molecule has 0 bridgehead atoms. The number of carbonyl (C=O) groups is 1. The average Bonchev–Trinajstić information content (AvgIpc) is 3.11. The second-order valence-electron chi connectivity index (χ2n) is 6.41. The van der Waals surface area contributed by atoms with Crippen molar-refractivity contribution in [1.82, 2.24) is 19.8 Å². The fraction of sp³-hybridized carbons (Fsp3) is 0.444. The highest BCUT2D eigenvalue weighted by Gasteiger charge is 2.40. The summed E-state index contributed by atoms with van der Waals surface area (Å²) in [5, 5.41) is 3.34. The smallest absolute Gasteiger partial charge is 0.223 e. The number of hydrogen-bond acceptors (Lipinski definition) is 4. The molecule has 1 aromatic heterocycles. The zero-order valence-electron chi connectivity index (χ0n) is 14.7. The Morgan fingerprint density at radius 2 is 2.20 bits per heavy atom. The quantitative estimate of drug-likeness (QED) is 0.868. The second kappa shape index (κ2) is 7.23. The number of rotatable bonds is 6. The number of methoxy groups -OCH3 is 1. The van der Waals surface area contributed by atoms with Crippen LogP contribution in [0.2, 0.25) is 0 Å². The normalized spacial score (nSPS) is 20.3. The molecule has 3 rings (SSSR count). The number of nitrogens with zero attached hydrogens (tertiary/aromatic N) is 3. The molecular formula is C18H23FN4O2. The lowest BCUT2D eigenvalue weighted by Gasteiger charge is -2.24. The number of imidazole rings is 1. The lowest BCUT2D eigenvalue weighted by atomic mass is 9.99. The number of benzene rings is 1. The van der Waals surface area contributed by atoms with Crippen LogP contribution in [-0.4, -0.2) is 41.1 Å². The molecule has 25 heavy (non-hydrogen) atoms. The Kier molecular flexibility index (Phi) is 5.03. The van der Waals surface area contributed by atoms with Crippen molar-refractivity contribution < 1.29 is 13.9 Å². The van der Waals surface area contributed by atoms with E-state index in [-0.39, 0.29) is 29.4 Å². The van der Waals surface area contributed by atoms with Crippen molar-refractivity contribution in [1.29, 1.82) is 0 Å². The Morgan fingerprint density at radius 1 is 1.40 bits per heavy atom. The Morgan fingerprint density at radius 3 is 2.84 bits per heavy atom. The lowest BCUT2D eigenvalue weighted by molar-refractivity contribution is -0.127. The maximum Gasteiger partial charge on any atom is 0.223 e. The number of nitrogens with one attached hydrogen (secondary N) is 1. The molecule has 0 unspecified atom stereocenters. The molecular weight excluding hydrogens is 323 g/mol. The number of ether oxygens (including phenoxy) is 1. The van der Waals surface area contributed by atoms with Crippen LogP contribution in [0.3, 0.4) is 0 Å². The summed E-state index contributed by atoms with van der Waals surface area (Å²) in [7, 11) is 5.20. The van der Waals surface area contributed by atoms with Crippen LogP contribution in [0.1, 0.15) is 23.9 Å². The molecule has 2 atom stereocenters. The highest BCUT2D eigenvalue weighted by molar-refractivity contribution is 5.79. The third-order valence-corrected chi connectivity index (χ3v) is 4.77. The summed E-state index contributed by atoms with van der Waals surface area (Å²) in [6.45, 7) is 1.18. The van der Waals surface area contributed by atoms with Gasteiger partial charge in [0.2, 0.25) is 5.91 Å². The van der Waals surface area contributed by atoms with Gasteiger partial charge in [0.1, 0.15) is 5.82 Å². The van der Waals surface area contributed by atoms with E-state index in [4.69, 9.17) is 4.74 Å². The maximum atomic E-state index is 13.8. The number of aryl methyl sites for hydroxylation is 1. The summed E-state index contributed by atoms with van der Waals surface area (Å²) in [4.78, 5) is 18.3. The van der Waals surface area contributed by atoms with E-state index in [0.717, 1.165) is 11.4 Å². The zero-order chi connectivity index (χ0) is 18.0. The van der Waals surface area contributed by atoms with Crippen LogP contribution in [0.15, 0.2) is 30.6 Å². The van der Waals surface area contributed by atoms with E-state index in [1.54, 1.807) is 17.2 Å². The van der Waals surface area contributed by atoms with E-state index in [2.05, 4.69) is 10.3 Å². The Balaban J connectivity index is 1.64. The molecule has 1 aromatic carbocycles. The molecule has 2 aromatic rings. The molecule has 6 nitrogen and oxygen atoms in total. The molecule has 7 heteroatoms. The van der Waals surface area contributed by atoms with E-state index in [0.29, 0.717) is 19.5 Å². The molecule has 0 radical (unpaired) electrons. The molecule has 1 N–H and O–H groups in total. The molecule has 134 valence electrons. The van der Waals surface area contributed by atoms with Gasteiger partial charge in [0, 0.05) is 51.9 Å². The SMILES string of the molecule is COc1ccc(CNC[C@@H]2CC(=O)N(C)[C@H]2c2nccn2C)cc1F. The van der Waals surface area contributed by atoms with Gasteiger partial charge in [-0.15, -0.1) is 0 Å². The highest BCUT2D eigenvalue weighted by Crippen LogP contribution is 2.35. The van der Waals surface area contributed by atoms with Gasteiger partial charge in [0.15, 0.2) is 11.6 Å². The predicted molar refractivity (Wildman–Crippen MR) is 91.5 cm³/mol. The van der Waals surface area contributed by atoms with Crippen molar-refractivity contribution >= 4 is 5.91 Å². The van der Waals surface area contributed by atoms with Crippen LogP contribution < -0.4 is 10.1 Å². The largest absolute Gasteiger partial charge is 0.494 e. The Bertz CT molecular complexity index is 761. The van der Waals surface area contributed by atoms with Gasteiger partial charge in [-0.05, 0) is 17.7 Å². The van der Waals surface area contributed by atoms with E-state index >= 15 is 0 Å². The first kappa shape index (κ1) is 17.4. The van der Waals surface area contributed by atoms with Gasteiger partial charge in [0.05, 0.1) is 13.2 Å². The highest BCUT2D eigenvalue weighted by atomic mass is 19.1. The van der Waals surface area contributed by atoms with Crippen molar-refractivity contribution in [2.45, 2.75) is 19.0 Å². The molecule has 1 aliphatic heterocycles. The molecule has 1 amide bonds. The van der Waals surface area contributed by atoms with Crippen molar-refractivity contribution in [3.63, 3.8) is 0 Å². The van der Waals surface area contributed by atoms with Gasteiger partial charge in [-0.1, -0.05) is 6.07 Å². The minimum atomic E-state index is -0.372. The number of amides is 1. The Hall–Kier alpha value is -2.41. The first-order valence-corrected chi connectivity index (χ1v) is 8.27. The van der Waals surface area contributed by atoms with Gasteiger partial charge in [0.25, 0.3) is 0 Å². The zero-order valence-corrected chi connectivity index (χ0v) is 14.7. The summed E-state index contributed by atoms with van der Waals surface area (Å²) in [6, 6.07) is 4.87. The fourth-order valence-corrected chi connectivity index (χ4v) is 3.40. The average molecular weight is 346 g/mol. The first-order chi connectivity index (χ1) is 12.0. The Labute approximate surface area is 146 Å². The minimum Gasteiger partial charge on any atom is -0.494 e. The molecule has 0 spiro atoms. The van der Waals surface area contributed by atoms with Crippen molar-refractivity contribution in [3.05, 3.63) is 47.8 Å². The minimum absolute atomic E-state index is 0.0485. The van der Waals surface area contributed by atoms with Gasteiger partial charge in [-0.25, -0.2) is 9.37 Å². The number of halogens is 1. The monoisotopic (exact) mass is 346 g/mol. The predicted octanol–water partition coefficient (Wildman–Crippen LogP) is 1.88. The van der Waals surface area contributed by atoms with Gasteiger partial charge < -0.3 is 19.5 Å². The molecule has 1 saturated heterocycles. The van der Waals surface area contributed by atoms with Gasteiger partial charge in [-0.2, -0.15) is 0 Å². The van der Waals surface area contributed by atoms with E-state index in [9.17, 15) is 9.18 Å². The van der Waals surface area contributed by atoms with Crippen molar-refractivity contribution in [2.24, 2.45) is 13.0 Å². The third kappa shape index (κ3) is 3.51. The van der Waals surface area contributed by atoms with Crippen LogP contribution in [0.4, 0.5) is 4.39 Å². The van der Waals surface area contributed by atoms with Crippen LogP contribution in [0.25, 0.3) is 0 Å². The third-order valence-electron chi connectivity index (χ3n) is 4.77. The first-order valence-electron chi connectivity index (χ1n) is 8.27. The van der Waals surface area contributed by atoms with E-state index < -0.39 is 0 Å². The molecule has 0 aliphatic carbocycles. The van der Waals surface area contributed by atoms with Gasteiger partial charge in [-0.3, -0.25) is 4.79 Å². The number of aromatic nitrogens is 2. The summed E-state index contributed by atoms with van der Waals surface area (Å²) in [5.41, 5.74) is 0.838. The van der Waals surface area contributed by atoms with Crippen LogP contribution in [-0.2, 0) is 18.4 Å². The number of likely N-dealkylation sites (tertiary alicyclic amines) is 1. The van der Waals surface area contributed by atoms with Crippen LogP contribution in [0.5, 0.6) is 5.75 Å².